The van der Waals surface area contributed by atoms with Gasteiger partial charge in [0.05, 0.1) is 28.4 Å². The second-order valence-electron chi connectivity index (χ2n) is 6.62. The Morgan fingerprint density at radius 3 is 2.55 bits per heavy atom. The number of hydrogen-bond donors (Lipinski definition) is 2. The molecule has 144 valence electrons. The van der Waals surface area contributed by atoms with Gasteiger partial charge in [-0.25, -0.2) is 0 Å². The van der Waals surface area contributed by atoms with Gasteiger partial charge < -0.3 is 10.7 Å². The third-order valence-electron chi connectivity index (χ3n) is 4.75. The van der Waals surface area contributed by atoms with Crippen molar-refractivity contribution in [2.75, 3.05) is 0 Å². The number of rotatable bonds is 3. The van der Waals surface area contributed by atoms with Crippen LogP contribution >= 0.6 is 23.2 Å². The molecule has 0 radical (unpaired) electrons. The average molecular weight is 424 g/mol. The van der Waals surface area contributed by atoms with Gasteiger partial charge in [0, 0.05) is 27.9 Å². The van der Waals surface area contributed by atoms with E-state index < -0.39 is 6.04 Å². The van der Waals surface area contributed by atoms with Crippen molar-refractivity contribution in [3.05, 3.63) is 91.4 Å². The van der Waals surface area contributed by atoms with Gasteiger partial charge in [-0.15, -0.1) is 0 Å². The van der Waals surface area contributed by atoms with Crippen molar-refractivity contribution in [1.29, 1.82) is 5.26 Å². The highest BCUT2D eigenvalue weighted by Crippen LogP contribution is 2.34. The summed E-state index contributed by atoms with van der Waals surface area (Å²) >= 11 is 12.4. The highest BCUT2D eigenvalue weighted by atomic mass is 35.5. The molecule has 0 amide bonds. The van der Waals surface area contributed by atoms with Crippen LogP contribution < -0.4 is 11.3 Å². The molecule has 0 saturated carbocycles. The van der Waals surface area contributed by atoms with Crippen LogP contribution in [0, 0.1) is 18.3 Å². The number of H-pyrrole nitrogens is 1. The standard InChI is InChI=1S/C21H15Cl2N5O/c1-11-19(15-7-6-14(22)8-16(15)23)21-26-17(9-18(29)28(21)27-11)20(25)13-4-2-12(10-24)3-5-13/h2-9,20,26H,25H2,1H3. The molecule has 2 heterocycles. The molecule has 0 aliphatic carbocycles. The van der Waals surface area contributed by atoms with Crippen LogP contribution in [0.25, 0.3) is 16.8 Å². The van der Waals surface area contributed by atoms with Crippen LogP contribution in [0.3, 0.4) is 0 Å². The summed E-state index contributed by atoms with van der Waals surface area (Å²) in [5.74, 6) is 0. The molecule has 8 heteroatoms. The van der Waals surface area contributed by atoms with E-state index in [-0.39, 0.29) is 5.56 Å². The maximum absolute atomic E-state index is 12.7. The summed E-state index contributed by atoms with van der Waals surface area (Å²) in [4.78, 5) is 15.9. The van der Waals surface area contributed by atoms with E-state index in [0.717, 1.165) is 5.56 Å². The Bertz CT molecular complexity index is 1330. The number of aromatic nitrogens is 3. The van der Waals surface area contributed by atoms with Crippen LogP contribution in [0.5, 0.6) is 0 Å². The van der Waals surface area contributed by atoms with E-state index in [1.54, 1.807) is 49.4 Å². The molecule has 0 fully saturated rings. The predicted octanol–water partition coefficient (Wildman–Crippen LogP) is 4.22. The molecule has 29 heavy (non-hydrogen) atoms. The van der Waals surface area contributed by atoms with Gasteiger partial charge in [-0.1, -0.05) is 41.4 Å². The Morgan fingerprint density at radius 2 is 1.90 bits per heavy atom. The molecule has 0 spiro atoms. The quantitative estimate of drug-likeness (QED) is 0.514. The lowest BCUT2D eigenvalue weighted by molar-refractivity contribution is 0.799. The number of fused-ring (bicyclic) bond motifs is 1. The van der Waals surface area contributed by atoms with Crippen molar-refractivity contribution in [1.82, 2.24) is 14.6 Å². The van der Waals surface area contributed by atoms with Crippen molar-refractivity contribution < 1.29 is 0 Å². The maximum atomic E-state index is 12.7. The number of halogens is 2. The minimum atomic E-state index is -0.579. The molecule has 0 aliphatic rings. The first-order valence-electron chi connectivity index (χ1n) is 8.72. The minimum absolute atomic E-state index is 0.308. The van der Waals surface area contributed by atoms with Gasteiger partial charge >= 0.3 is 0 Å². The molecule has 2 aromatic heterocycles. The second kappa shape index (κ2) is 7.37. The summed E-state index contributed by atoms with van der Waals surface area (Å²) in [6, 6.07) is 15.0. The zero-order valence-electron chi connectivity index (χ0n) is 15.3. The number of aryl methyl sites for hydroxylation is 1. The number of nitrogens with two attached hydrogens (primary N) is 1. The predicted molar refractivity (Wildman–Crippen MR) is 113 cm³/mol. The molecule has 1 atom stereocenters. The summed E-state index contributed by atoms with van der Waals surface area (Å²) in [6.45, 7) is 1.81. The fourth-order valence-corrected chi connectivity index (χ4v) is 3.80. The van der Waals surface area contributed by atoms with E-state index in [1.165, 1.54) is 10.6 Å². The zero-order valence-corrected chi connectivity index (χ0v) is 16.8. The van der Waals surface area contributed by atoms with E-state index in [2.05, 4.69) is 16.2 Å². The van der Waals surface area contributed by atoms with Gasteiger partial charge in [0.2, 0.25) is 0 Å². The van der Waals surface area contributed by atoms with Crippen LogP contribution in [0.2, 0.25) is 10.0 Å². The number of nitrogens with one attached hydrogen (secondary N) is 1. The Morgan fingerprint density at radius 1 is 1.17 bits per heavy atom. The lowest BCUT2D eigenvalue weighted by atomic mass is 10.0. The molecule has 4 rings (SSSR count). The van der Waals surface area contributed by atoms with E-state index in [4.69, 9.17) is 34.2 Å². The molecule has 6 nitrogen and oxygen atoms in total. The van der Waals surface area contributed by atoms with Gasteiger partial charge in [-0.2, -0.15) is 14.9 Å². The van der Waals surface area contributed by atoms with Crippen molar-refractivity contribution in [2.24, 2.45) is 5.73 Å². The highest BCUT2D eigenvalue weighted by Gasteiger charge is 2.19. The van der Waals surface area contributed by atoms with Gasteiger partial charge in [0.1, 0.15) is 5.65 Å². The molecule has 3 N–H and O–H groups in total. The van der Waals surface area contributed by atoms with E-state index >= 15 is 0 Å². The fraction of sp³-hybridized carbons (Fsp3) is 0.0952. The molecule has 2 aromatic carbocycles. The molecule has 0 aliphatic heterocycles. The lowest BCUT2D eigenvalue weighted by Gasteiger charge is -2.13. The molecule has 0 bridgehead atoms. The highest BCUT2D eigenvalue weighted by molar-refractivity contribution is 6.36. The van der Waals surface area contributed by atoms with Gasteiger partial charge in [-0.3, -0.25) is 4.79 Å². The Hall–Kier alpha value is -3.11. The fourth-order valence-electron chi connectivity index (χ4n) is 3.30. The van der Waals surface area contributed by atoms with Crippen molar-refractivity contribution in [2.45, 2.75) is 13.0 Å². The van der Waals surface area contributed by atoms with E-state index in [9.17, 15) is 4.79 Å². The molecular formula is C21H15Cl2N5O. The van der Waals surface area contributed by atoms with Crippen LogP contribution in [0.4, 0.5) is 0 Å². The molecule has 4 aromatic rings. The summed E-state index contributed by atoms with van der Waals surface area (Å²) in [7, 11) is 0. The van der Waals surface area contributed by atoms with Gasteiger partial charge in [-0.05, 0) is 36.8 Å². The van der Waals surface area contributed by atoms with Gasteiger partial charge in [0.25, 0.3) is 5.56 Å². The van der Waals surface area contributed by atoms with Crippen molar-refractivity contribution in [3.63, 3.8) is 0 Å². The van der Waals surface area contributed by atoms with Gasteiger partial charge in [0.15, 0.2) is 0 Å². The second-order valence-corrected chi connectivity index (χ2v) is 7.46. The maximum Gasteiger partial charge on any atom is 0.274 e. The zero-order chi connectivity index (χ0) is 20.7. The first-order chi connectivity index (χ1) is 13.9. The number of aromatic amines is 1. The summed E-state index contributed by atoms with van der Waals surface area (Å²) in [5.41, 5.74) is 10.5. The van der Waals surface area contributed by atoms with Crippen LogP contribution in [0.1, 0.15) is 28.6 Å². The smallest absolute Gasteiger partial charge is 0.274 e. The Kier molecular flexibility index (Phi) is 4.89. The minimum Gasteiger partial charge on any atom is -0.341 e. The lowest BCUT2D eigenvalue weighted by Crippen LogP contribution is -2.21. The normalized spacial score (nSPS) is 12.1. The topological polar surface area (TPSA) is 100.0 Å². The average Bonchev–Trinajstić information content (AvgIpc) is 3.04. The van der Waals surface area contributed by atoms with E-state index in [0.29, 0.717) is 43.8 Å². The summed E-state index contributed by atoms with van der Waals surface area (Å²) in [6.07, 6.45) is 0. The van der Waals surface area contributed by atoms with E-state index in [1.807, 2.05) is 0 Å². The largest absolute Gasteiger partial charge is 0.341 e. The number of nitrogens with zero attached hydrogens (tertiary/aromatic N) is 3. The molecule has 0 saturated heterocycles. The number of benzene rings is 2. The van der Waals surface area contributed by atoms with Crippen molar-refractivity contribution in [3.8, 4) is 17.2 Å². The first-order valence-corrected chi connectivity index (χ1v) is 9.48. The molecule has 1 unspecified atom stereocenters. The molecular weight excluding hydrogens is 409 g/mol. The first kappa shape index (κ1) is 19.2. The summed E-state index contributed by atoms with van der Waals surface area (Å²) < 4.78 is 1.30. The third kappa shape index (κ3) is 3.40. The van der Waals surface area contributed by atoms with Crippen molar-refractivity contribution >= 4 is 28.8 Å². The van der Waals surface area contributed by atoms with Crippen LogP contribution in [-0.4, -0.2) is 14.6 Å². The monoisotopic (exact) mass is 423 g/mol. The Balaban J connectivity index is 1.90. The Labute approximate surface area is 176 Å². The van der Waals surface area contributed by atoms with Crippen LogP contribution in [-0.2, 0) is 0 Å². The third-order valence-corrected chi connectivity index (χ3v) is 5.29. The van der Waals surface area contributed by atoms with Crippen LogP contribution in [0.15, 0.2) is 53.3 Å². The SMILES string of the molecule is Cc1nn2c(=O)cc(C(N)c3ccc(C#N)cc3)[nH]c2c1-c1ccc(Cl)cc1Cl. The summed E-state index contributed by atoms with van der Waals surface area (Å²) in [5, 5.41) is 14.3. The number of nitriles is 1. The number of hydrogen-bond acceptors (Lipinski definition) is 4.